The molecule has 1 aromatic heterocycles. The van der Waals surface area contributed by atoms with Gasteiger partial charge in [-0.3, -0.25) is 0 Å². The zero-order valence-corrected chi connectivity index (χ0v) is 16.2. The second kappa shape index (κ2) is 9.13. The number of benzene rings is 1. The van der Waals surface area contributed by atoms with Crippen LogP contribution in [0.25, 0.3) is 0 Å². The Hall–Kier alpha value is -2.49. The van der Waals surface area contributed by atoms with Gasteiger partial charge in [0.2, 0.25) is 17.8 Å². The summed E-state index contributed by atoms with van der Waals surface area (Å²) in [5.74, 6) is 1.65. The number of anilines is 3. The van der Waals surface area contributed by atoms with Crippen LogP contribution in [0.1, 0.15) is 5.56 Å². The van der Waals surface area contributed by atoms with Crippen LogP contribution in [0.3, 0.4) is 0 Å². The maximum atomic E-state index is 6.01. The standard InChI is InChI=1S/C18H22ClN7O2/c19-15-3-1-2-14(12-15)13-20-24-16-21-17(25-4-8-27-9-5-25)23-18(22-16)26-6-10-28-11-7-26/h1-3,12-13H,4-11H2,(H,21,22,23,24)/b20-13+. The smallest absolute Gasteiger partial charge is 0.250 e. The first kappa shape index (κ1) is 18.9. The van der Waals surface area contributed by atoms with Gasteiger partial charge in [0, 0.05) is 31.2 Å². The third-order valence-corrected chi connectivity index (χ3v) is 4.66. The Morgan fingerprint density at radius 1 is 0.929 bits per heavy atom. The summed E-state index contributed by atoms with van der Waals surface area (Å²) in [6.07, 6.45) is 1.68. The number of aromatic nitrogens is 3. The molecular weight excluding hydrogens is 382 g/mol. The molecule has 3 heterocycles. The summed E-state index contributed by atoms with van der Waals surface area (Å²) in [6, 6.07) is 7.45. The third-order valence-electron chi connectivity index (χ3n) is 4.43. The highest BCUT2D eigenvalue weighted by molar-refractivity contribution is 6.30. The van der Waals surface area contributed by atoms with Crippen molar-refractivity contribution in [2.45, 2.75) is 0 Å². The Bertz CT molecular complexity index is 787. The fourth-order valence-corrected chi connectivity index (χ4v) is 3.16. The van der Waals surface area contributed by atoms with Crippen LogP contribution in [-0.2, 0) is 9.47 Å². The normalized spacial score (nSPS) is 17.9. The molecule has 2 fully saturated rings. The highest BCUT2D eigenvalue weighted by atomic mass is 35.5. The van der Waals surface area contributed by atoms with Crippen molar-refractivity contribution in [3.63, 3.8) is 0 Å². The summed E-state index contributed by atoms with van der Waals surface area (Å²) >= 11 is 6.01. The van der Waals surface area contributed by atoms with Crippen LogP contribution in [0.5, 0.6) is 0 Å². The van der Waals surface area contributed by atoms with E-state index in [4.69, 9.17) is 21.1 Å². The van der Waals surface area contributed by atoms with Gasteiger partial charge in [0.15, 0.2) is 0 Å². The SMILES string of the molecule is Clc1cccc(/C=N/Nc2nc(N3CCOCC3)nc(N3CCOCC3)n2)c1. The molecule has 0 unspecified atom stereocenters. The number of ether oxygens (including phenoxy) is 2. The van der Waals surface area contributed by atoms with Gasteiger partial charge in [-0.25, -0.2) is 5.43 Å². The summed E-state index contributed by atoms with van der Waals surface area (Å²) in [4.78, 5) is 17.9. The van der Waals surface area contributed by atoms with Gasteiger partial charge in [0.25, 0.3) is 0 Å². The van der Waals surface area contributed by atoms with Gasteiger partial charge < -0.3 is 19.3 Å². The minimum atomic E-state index is 0.399. The topological polar surface area (TPSA) is 88.0 Å². The maximum absolute atomic E-state index is 6.01. The Kier molecular flexibility index (Phi) is 6.15. The summed E-state index contributed by atoms with van der Waals surface area (Å²) in [7, 11) is 0. The fraction of sp³-hybridized carbons (Fsp3) is 0.444. The molecule has 1 aromatic carbocycles. The largest absolute Gasteiger partial charge is 0.378 e. The molecule has 0 amide bonds. The zero-order chi connectivity index (χ0) is 19.2. The highest BCUT2D eigenvalue weighted by Crippen LogP contribution is 2.18. The number of hydrogen-bond donors (Lipinski definition) is 1. The van der Waals surface area contributed by atoms with E-state index in [1.165, 1.54) is 0 Å². The fourth-order valence-electron chi connectivity index (χ4n) is 2.96. The van der Waals surface area contributed by atoms with E-state index in [-0.39, 0.29) is 0 Å². The molecule has 2 aliphatic heterocycles. The Morgan fingerprint density at radius 3 is 2.11 bits per heavy atom. The maximum Gasteiger partial charge on any atom is 0.250 e. The van der Waals surface area contributed by atoms with Crippen molar-refractivity contribution < 1.29 is 9.47 Å². The average molecular weight is 404 g/mol. The van der Waals surface area contributed by atoms with E-state index in [1.807, 2.05) is 24.3 Å². The summed E-state index contributed by atoms with van der Waals surface area (Å²) in [5, 5.41) is 4.91. The van der Waals surface area contributed by atoms with Crippen molar-refractivity contribution in [2.75, 3.05) is 67.8 Å². The predicted octanol–water partition coefficient (Wildman–Crippen LogP) is 1.64. The van der Waals surface area contributed by atoms with Crippen LogP contribution >= 0.6 is 11.6 Å². The molecule has 0 aliphatic carbocycles. The lowest BCUT2D eigenvalue weighted by atomic mass is 10.2. The number of halogens is 1. The van der Waals surface area contributed by atoms with Crippen molar-refractivity contribution in [3.8, 4) is 0 Å². The number of nitrogens with zero attached hydrogens (tertiary/aromatic N) is 6. The predicted molar refractivity (Wildman–Crippen MR) is 109 cm³/mol. The average Bonchev–Trinajstić information content (AvgIpc) is 2.75. The number of morpholine rings is 2. The van der Waals surface area contributed by atoms with E-state index in [2.05, 4.69) is 35.3 Å². The van der Waals surface area contributed by atoms with Crippen molar-refractivity contribution in [3.05, 3.63) is 34.9 Å². The molecule has 148 valence electrons. The minimum Gasteiger partial charge on any atom is -0.378 e. The molecule has 0 bridgehead atoms. The lowest BCUT2D eigenvalue weighted by Crippen LogP contribution is -2.40. The Balaban J connectivity index is 1.55. The molecule has 2 saturated heterocycles. The van der Waals surface area contributed by atoms with Crippen LogP contribution in [0.15, 0.2) is 29.4 Å². The van der Waals surface area contributed by atoms with Gasteiger partial charge in [-0.05, 0) is 17.7 Å². The molecule has 9 nitrogen and oxygen atoms in total. The van der Waals surface area contributed by atoms with Crippen LogP contribution < -0.4 is 15.2 Å². The van der Waals surface area contributed by atoms with E-state index in [0.717, 1.165) is 31.7 Å². The second-order valence-electron chi connectivity index (χ2n) is 6.38. The zero-order valence-electron chi connectivity index (χ0n) is 15.4. The van der Waals surface area contributed by atoms with E-state index in [1.54, 1.807) is 6.21 Å². The van der Waals surface area contributed by atoms with Crippen molar-refractivity contribution in [1.29, 1.82) is 0 Å². The van der Waals surface area contributed by atoms with Gasteiger partial charge in [-0.15, -0.1) is 0 Å². The molecule has 0 saturated carbocycles. The molecule has 28 heavy (non-hydrogen) atoms. The summed E-state index contributed by atoms with van der Waals surface area (Å²) in [6.45, 7) is 5.64. The molecule has 0 atom stereocenters. The quantitative estimate of drug-likeness (QED) is 0.595. The Morgan fingerprint density at radius 2 is 1.54 bits per heavy atom. The third kappa shape index (κ3) is 4.86. The van der Waals surface area contributed by atoms with Crippen LogP contribution in [0.4, 0.5) is 17.8 Å². The van der Waals surface area contributed by atoms with Crippen LogP contribution in [0, 0.1) is 0 Å². The molecule has 0 radical (unpaired) electrons. The van der Waals surface area contributed by atoms with Crippen molar-refractivity contribution >= 4 is 35.7 Å². The summed E-state index contributed by atoms with van der Waals surface area (Å²) < 4.78 is 10.9. The lowest BCUT2D eigenvalue weighted by molar-refractivity contribution is 0.121. The molecule has 1 N–H and O–H groups in total. The van der Waals surface area contributed by atoms with E-state index in [9.17, 15) is 0 Å². The number of hydrazone groups is 1. The molecule has 2 aliphatic rings. The molecule has 4 rings (SSSR count). The minimum absolute atomic E-state index is 0.399. The molecular formula is C18H22ClN7O2. The van der Waals surface area contributed by atoms with E-state index in [0.29, 0.717) is 49.3 Å². The number of rotatable bonds is 5. The summed E-state index contributed by atoms with van der Waals surface area (Å²) in [5.41, 5.74) is 3.80. The first-order valence-corrected chi connectivity index (χ1v) is 9.62. The monoisotopic (exact) mass is 403 g/mol. The first-order chi connectivity index (χ1) is 13.8. The van der Waals surface area contributed by atoms with Gasteiger partial charge in [0.1, 0.15) is 0 Å². The van der Waals surface area contributed by atoms with Gasteiger partial charge in [-0.2, -0.15) is 20.1 Å². The van der Waals surface area contributed by atoms with Crippen molar-refractivity contribution in [2.24, 2.45) is 5.10 Å². The number of nitrogens with one attached hydrogen (secondary N) is 1. The van der Waals surface area contributed by atoms with Crippen LogP contribution in [0.2, 0.25) is 5.02 Å². The molecule has 10 heteroatoms. The van der Waals surface area contributed by atoms with Crippen molar-refractivity contribution in [1.82, 2.24) is 15.0 Å². The van der Waals surface area contributed by atoms with Gasteiger partial charge >= 0.3 is 0 Å². The number of hydrogen-bond acceptors (Lipinski definition) is 9. The lowest BCUT2D eigenvalue weighted by Gasteiger charge is -2.30. The molecule has 0 spiro atoms. The second-order valence-corrected chi connectivity index (χ2v) is 6.82. The van der Waals surface area contributed by atoms with E-state index < -0.39 is 0 Å². The first-order valence-electron chi connectivity index (χ1n) is 9.24. The highest BCUT2D eigenvalue weighted by Gasteiger charge is 2.20. The Labute approximate surface area is 168 Å². The van der Waals surface area contributed by atoms with Crippen LogP contribution in [-0.4, -0.2) is 73.8 Å². The van der Waals surface area contributed by atoms with E-state index >= 15 is 0 Å². The van der Waals surface area contributed by atoms with Gasteiger partial charge in [0.05, 0.1) is 32.6 Å². The molecule has 2 aromatic rings. The van der Waals surface area contributed by atoms with Gasteiger partial charge in [-0.1, -0.05) is 23.7 Å².